The Hall–Kier alpha value is -0.100. The molecule has 0 spiro atoms. The van der Waals surface area contributed by atoms with Gasteiger partial charge in [-0.1, -0.05) is 0 Å². The van der Waals surface area contributed by atoms with Crippen molar-refractivity contribution in [3.8, 4) is 5.75 Å². The van der Waals surface area contributed by atoms with Crippen molar-refractivity contribution in [3.05, 3.63) is 26.6 Å². The van der Waals surface area contributed by atoms with E-state index in [-0.39, 0.29) is 6.10 Å². The van der Waals surface area contributed by atoms with E-state index in [1.165, 1.54) is 5.56 Å². The number of ether oxygens (including phenoxy) is 2. The van der Waals surface area contributed by atoms with Crippen LogP contribution in [0.5, 0.6) is 5.75 Å². The molecule has 5 heteroatoms. The van der Waals surface area contributed by atoms with E-state index in [0.29, 0.717) is 13.2 Å². The van der Waals surface area contributed by atoms with Crippen LogP contribution < -0.4 is 10.1 Å². The maximum absolute atomic E-state index is 5.71. The molecule has 0 aliphatic carbocycles. The SMILES string of the molecule is CNCc1cc(Br)c(OCCOC(C)C)c(Br)c1. The average Bonchev–Trinajstić information content (AvgIpc) is 2.27. The van der Waals surface area contributed by atoms with Crippen LogP contribution in [0.3, 0.4) is 0 Å². The lowest BCUT2D eigenvalue weighted by Crippen LogP contribution is -2.12. The summed E-state index contributed by atoms with van der Waals surface area (Å²) < 4.78 is 13.1. The molecule has 3 nitrogen and oxygen atoms in total. The van der Waals surface area contributed by atoms with Crippen molar-refractivity contribution >= 4 is 31.9 Å². The van der Waals surface area contributed by atoms with Crippen LogP contribution in [0.4, 0.5) is 0 Å². The fraction of sp³-hybridized carbons (Fsp3) is 0.538. The lowest BCUT2D eigenvalue weighted by Gasteiger charge is -2.13. The molecule has 1 aromatic rings. The Bertz CT molecular complexity index is 360. The lowest BCUT2D eigenvalue weighted by molar-refractivity contribution is 0.0549. The monoisotopic (exact) mass is 379 g/mol. The summed E-state index contributed by atoms with van der Waals surface area (Å²) in [6.45, 7) is 5.99. The fourth-order valence-corrected chi connectivity index (χ4v) is 2.99. The van der Waals surface area contributed by atoms with Crippen LogP contribution in [0.25, 0.3) is 0 Å². The van der Waals surface area contributed by atoms with Crippen LogP contribution >= 0.6 is 31.9 Å². The molecule has 0 amide bonds. The number of benzene rings is 1. The molecule has 0 atom stereocenters. The van der Waals surface area contributed by atoms with Gasteiger partial charge < -0.3 is 14.8 Å². The number of hydrogen-bond acceptors (Lipinski definition) is 3. The normalized spacial score (nSPS) is 11.0. The molecule has 1 aromatic carbocycles. The van der Waals surface area contributed by atoms with Gasteiger partial charge in [-0.15, -0.1) is 0 Å². The van der Waals surface area contributed by atoms with E-state index < -0.39 is 0 Å². The van der Waals surface area contributed by atoms with Gasteiger partial charge in [-0.25, -0.2) is 0 Å². The molecule has 0 saturated carbocycles. The molecule has 0 heterocycles. The van der Waals surface area contributed by atoms with Crippen LogP contribution in [0.1, 0.15) is 19.4 Å². The van der Waals surface area contributed by atoms with E-state index >= 15 is 0 Å². The standard InChI is InChI=1S/C13H19Br2NO2/c1-9(2)17-4-5-18-13-11(14)6-10(8-16-3)7-12(13)15/h6-7,9,16H,4-5,8H2,1-3H3. The van der Waals surface area contributed by atoms with E-state index in [4.69, 9.17) is 9.47 Å². The molecule has 1 N–H and O–H groups in total. The summed E-state index contributed by atoms with van der Waals surface area (Å²) in [6, 6.07) is 4.11. The van der Waals surface area contributed by atoms with Crippen molar-refractivity contribution in [2.45, 2.75) is 26.5 Å². The number of halogens is 2. The maximum atomic E-state index is 5.71. The molecule has 0 fully saturated rings. The first-order valence-electron chi connectivity index (χ1n) is 5.91. The molecule has 0 aliphatic rings. The van der Waals surface area contributed by atoms with Gasteiger partial charge in [-0.2, -0.15) is 0 Å². The molecule has 0 bridgehead atoms. The minimum Gasteiger partial charge on any atom is -0.489 e. The van der Waals surface area contributed by atoms with Gasteiger partial charge in [-0.05, 0) is 70.5 Å². The Morgan fingerprint density at radius 3 is 2.28 bits per heavy atom. The summed E-state index contributed by atoms with van der Waals surface area (Å²) in [5, 5.41) is 3.12. The highest BCUT2D eigenvalue weighted by Gasteiger charge is 2.09. The Balaban J connectivity index is 2.60. The van der Waals surface area contributed by atoms with Crippen molar-refractivity contribution in [1.82, 2.24) is 5.32 Å². The van der Waals surface area contributed by atoms with Crippen LogP contribution in [0.15, 0.2) is 21.1 Å². The van der Waals surface area contributed by atoms with Gasteiger partial charge in [0.05, 0.1) is 21.7 Å². The van der Waals surface area contributed by atoms with Gasteiger partial charge in [-0.3, -0.25) is 0 Å². The molecule has 0 unspecified atom stereocenters. The molecule has 1 rings (SSSR count). The summed E-state index contributed by atoms with van der Waals surface area (Å²) in [4.78, 5) is 0. The second-order valence-electron chi connectivity index (χ2n) is 4.19. The highest BCUT2D eigenvalue weighted by atomic mass is 79.9. The average molecular weight is 381 g/mol. The second-order valence-corrected chi connectivity index (χ2v) is 5.90. The molecular formula is C13H19Br2NO2. The molecule has 0 saturated heterocycles. The predicted octanol–water partition coefficient (Wildman–Crippen LogP) is 3.73. The number of hydrogen-bond donors (Lipinski definition) is 1. The van der Waals surface area contributed by atoms with Gasteiger partial charge in [0.25, 0.3) is 0 Å². The predicted molar refractivity (Wildman–Crippen MR) is 81.2 cm³/mol. The van der Waals surface area contributed by atoms with Gasteiger partial charge >= 0.3 is 0 Å². The van der Waals surface area contributed by atoms with Crippen molar-refractivity contribution in [3.63, 3.8) is 0 Å². The highest BCUT2D eigenvalue weighted by molar-refractivity contribution is 9.11. The van der Waals surface area contributed by atoms with Crippen molar-refractivity contribution in [2.24, 2.45) is 0 Å². The van der Waals surface area contributed by atoms with Gasteiger partial charge in [0.15, 0.2) is 0 Å². The minimum absolute atomic E-state index is 0.235. The van der Waals surface area contributed by atoms with E-state index in [2.05, 4.69) is 49.3 Å². The topological polar surface area (TPSA) is 30.5 Å². The van der Waals surface area contributed by atoms with E-state index in [9.17, 15) is 0 Å². The summed E-state index contributed by atoms with van der Waals surface area (Å²) in [6.07, 6.45) is 0.235. The summed E-state index contributed by atoms with van der Waals surface area (Å²) in [5.41, 5.74) is 1.20. The highest BCUT2D eigenvalue weighted by Crippen LogP contribution is 2.34. The minimum atomic E-state index is 0.235. The van der Waals surface area contributed by atoms with Crippen LogP contribution in [0.2, 0.25) is 0 Å². The quantitative estimate of drug-likeness (QED) is 0.731. The summed E-state index contributed by atoms with van der Waals surface area (Å²) in [5.74, 6) is 0.821. The third-order valence-corrected chi connectivity index (χ3v) is 3.40. The Labute approximate surface area is 125 Å². The molecule has 0 aliphatic heterocycles. The van der Waals surface area contributed by atoms with Gasteiger partial charge in [0.1, 0.15) is 12.4 Å². The van der Waals surface area contributed by atoms with E-state index in [1.54, 1.807) is 0 Å². The molecule has 0 aromatic heterocycles. The van der Waals surface area contributed by atoms with E-state index in [0.717, 1.165) is 21.2 Å². The lowest BCUT2D eigenvalue weighted by atomic mass is 10.2. The third-order valence-electron chi connectivity index (χ3n) is 2.22. The van der Waals surface area contributed by atoms with Crippen LogP contribution in [-0.2, 0) is 11.3 Å². The number of rotatable bonds is 7. The fourth-order valence-electron chi connectivity index (χ4n) is 1.48. The van der Waals surface area contributed by atoms with Crippen molar-refractivity contribution in [2.75, 3.05) is 20.3 Å². The second kappa shape index (κ2) is 8.15. The molecular weight excluding hydrogens is 362 g/mol. The Kier molecular flexibility index (Phi) is 7.22. The van der Waals surface area contributed by atoms with Crippen LogP contribution in [0, 0.1) is 0 Å². The van der Waals surface area contributed by atoms with E-state index in [1.807, 2.05) is 20.9 Å². The smallest absolute Gasteiger partial charge is 0.147 e. The third kappa shape index (κ3) is 5.26. The maximum Gasteiger partial charge on any atom is 0.147 e. The largest absolute Gasteiger partial charge is 0.489 e. The zero-order valence-electron chi connectivity index (χ0n) is 10.9. The zero-order chi connectivity index (χ0) is 13.5. The Morgan fingerprint density at radius 2 is 1.78 bits per heavy atom. The molecule has 102 valence electrons. The van der Waals surface area contributed by atoms with Gasteiger partial charge in [0, 0.05) is 6.54 Å². The first-order chi connectivity index (χ1) is 8.54. The summed E-state index contributed by atoms with van der Waals surface area (Å²) >= 11 is 7.05. The van der Waals surface area contributed by atoms with Crippen LogP contribution in [-0.4, -0.2) is 26.4 Å². The first kappa shape index (κ1) is 16.0. The summed E-state index contributed by atoms with van der Waals surface area (Å²) in [7, 11) is 1.93. The van der Waals surface area contributed by atoms with Gasteiger partial charge in [0.2, 0.25) is 0 Å². The number of nitrogens with one attached hydrogen (secondary N) is 1. The van der Waals surface area contributed by atoms with Crippen molar-refractivity contribution in [1.29, 1.82) is 0 Å². The molecule has 0 radical (unpaired) electrons. The molecule has 18 heavy (non-hydrogen) atoms. The Morgan fingerprint density at radius 1 is 1.17 bits per heavy atom. The van der Waals surface area contributed by atoms with Crippen molar-refractivity contribution < 1.29 is 9.47 Å². The first-order valence-corrected chi connectivity index (χ1v) is 7.50. The zero-order valence-corrected chi connectivity index (χ0v) is 14.1.